The lowest BCUT2D eigenvalue weighted by atomic mass is 10.1. The summed E-state index contributed by atoms with van der Waals surface area (Å²) in [5.41, 5.74) is 2.35. The van der Waals surface area contributed by atoms with Crippen LogP contribution in [-0.4, -0.2) is 4.98 Å². The largest absolute Gasteiger partial charge is 0.259 e. The van der Waals surface area contributed by atoms with Crippen LogP contribution >= 0.6 is 27.5 Å². The SMILES string of the molecule is Clc1cnc(CBr)cc1C1CC1. The Morgan fingerprint density at radius 1 is 1.58 bits per heavy atom. The van der Waals surface area contributed by atoms with E-state index in [4.69, 9.17) is 11.6 Å². The molecule has 0 spiro atoms. The molecule has 2 rings (SSSR count). The molecule has 1 aromatic heterocycles. The van der Waals surface area contributed by atoms with Gasteiger partial charge in [-0.05, 0) is 30.4 Å². The first kappa shape index (κ1) is 8.52. The number of hydrogen-bond acceptors (Lipinski definition) is 1. The van der Waals surface area contributed by atoms with Gasteiger partial charge in [-0.2, -0.15) is 0 Å². The molecule has 0 atom stereocenters. The smallest absolute Gasteiger partial charge is 0.0624 e. The molecule has 1 aromatic rings. The second kappa shape index (κ2) is 3.35. The van der Waals surface area contributed by atoms with Crippen LogP contribution in [-0.2, 0) is 5.33 Å². The van der Waals surface area contributed by atoms with Crippen LogP contribution < -0.4 is 0 Å². The lowest BCUT2D eigenvalue weighted by Crippen LogP contribution is -1.89. The Hall–Kier alpha value is -0.0800. The first-order valence-corrected chi connectivity index (χ1v) is 5.51. The fourth-order valence-electron chi connectivity index (χ4n) is 1.28. The molecule has 0 unspecified atom stereocenters. The van der Waals surface area contributed by atoms with E-state index < -0.39 is 0 Å². The fraction of sp³-hybridized carbons (Fsp3) is 0.444. The minimum Gasteiger partial charge on any atom is -0.259 e. The summed E-state index contributed by atoms with van der Waals surface area (Å²) in [5, 5.41) is 1.63. The summed E-state index contributed by atoms with van der Waals surface area (Å²) in [6.45, 7) is 0. The molecule has 0 radical (unpaired) electrons. The summed E-state index contributed by atoms with van der Waals surface area (Å²) in [6, 6.07) is 2.11. The maximum Gasteiger partial charge on any atom is 0.0624 e. The summed E-state index contributed by atoms with van der Waals surface area (Å²) >= 11 is 9.39. The Morgan fingerprint density at radius 2 is 2.33 bits per heavy atom. The van der Waals surface area contributed by atoms with Crippen LogP contribution in [0.5, 0.6) is 0 Å². The molecule has 1 aliphatic rings. The summed E-state index contributed by atoms with van der Waals surface area (Å²) in [4.78, 5) is 4.19. The Bertz CT molecular complexity index is 297. The molecular formula is C9H9BrClN. The molecule has 12 heavy (non-hydrogen) atoms. The minimum atomic E-state index is 0.707. The highest BCUT2D eigenvalue weighted by Crippen LogP contribution is 2.43. The molecule has 0 saturated heterocycles. The van der Waals surface area contributed by atoms with Crippen molar-refractivity contribution in [3.05, 3.63) is 28.5 Å². The standard InChI is InChI=1S/C9H9BrClN/c10-4-7-3-8(6-1-2-6)9(11)5-12-7/h3,5-6H,1-2,4H2. The van der Waals surface area contributed by atoms with Gasteiger partial charge in [0.05, 0.1) is 10.7 Å². The average molecular weight is 247 g/mol. The summed E-state index contributed by atoms with van der Waals surface area (Å²) in [5.74, 6) is 0.707. The summed E-state index contributed by atoms with van der Waals surface area (Å²) in [7, 11) is 0. The molecule has 1 saturated carbocycles. The number of alkyl halides is 1. The third-order valence-corrected chi connectivity index (χ3v) is 2.99. The van der Waals surface area contributed by atoms with Gasteiger partial charge in [-0.3, -0.25) is 4.98 Å². The van der Waals surface area contributed by atoms with Gasteiger partial charge in [-0.15, -0.1) is 0 Å². The van der Waals surface area contributed by atoms with Crippen LogP contribution in [0.15, 0.2) is 12.3 Å². The predicted molar refractivity (Wildman–Crippen MR) is 53.9 cm³/mol. The van der Waals surface area contributed by atoms with Crippen molar-refractivity contribution in [1.82, 2.24) is 4.98 Å². The number of halogens is 2. The molecule has 0 bridgehead atoms. The van der Waals surface area contributed by atoms with Crippen molar-refractivity contribution in [3.8, 4) is 0 Å². The molecule has 1 nitrogen and oxygen atoms in total. The zero-order chi connectivity index (χ0) is 8.55. The van der Waals surface area contributed by atoms with Gasteiger partial charge in [0.1, 0.15) is 0 Å². The van der Waals surface area contributed by atoms with E-state index in [0.717, 1.165) is 16.0 Å². The molecule has 1 aliphatic carbocycles. The topological polar surface area (TPSA) is 12.9 Å². The normalized spacial score (nSPS) is 16.5. The lowest BCUT2D eigenvalue weighted by Gasteiger charge is -2.02. The van der Waals surface area contributed by atoms with E-state index in [1.54, 1.807) is 6.20 Å². The van der Waals surface area contributed by atoms with Crippen LogP contribution in [0, 0.1) is 0 Å². The molecule has 0 N–H and O–H groups in total. The minimum absolute atomic E-state index is 0.707. The Balaban J connectivity index is 2.36. The predicted octanol–water partition coefficient (Wildman–Crippen LogP) is 3.51. The second-order valence-corrected chi connectivity index (χ2v) is 4.07. The van der Waals surface area contributed by atoms with Crippen molar-refractivity contribution in [2.75, 3.05) is 0 Å². The highest BCUT2D eigenvalue weighted by atomic mass is 79.9. The van der Waals surface area contributed by atoms with Crippen LogP contribution in [0.3, 0.4) is 0 Å². The highest BCUT2D eigenvalue weighted by Gasteiger charge is 2.25. The first-order valence-electron chi connectivity index (χ1n) is 4.01. The molecule has 64 valence electrons. The van der Waals surface area contributed by atoms with Crippen molar-refractivity contribution < 1.29 is 0 Å². The van der Waals surface area contributed by atoms with Crippen molar-refractivity contribution in [3.63, 3.8) is 0 Å². The van der Waals surface area contributed by atoms with Gasteiger partial charge in [-0.1, -0.05) is 27.5 Å². The zero-order valence-corrected chi connectivity index (χ0v) is 8.90. The molecular weight excluding hydrogens is 237 g/mol. The number of hydrogen-bond donors (Lipinski definition) is 0. The third-order valence-electron chi connectivity index (χ3n) is 2.10. The van der Waals surface area contributed by atoms with E-state index in [1.807, 2.05) is 0 Å². The van der Waals surface area contributed by atoms with Gasteiger partial charge in [0.25, 0.3) is 0 Å². The van der Waals surface area contributed by atoms with Gasteiger partial charge in [-0.25, -0.2) is 0 Å². The maximum absolute atomic E-state index is 6.01. The van der Waals surface area contributed by atoms with Gasteiger partial charge < -0.3 is 0 Å². The summed E-state index contributed by atoms with van der Waals surface area (Å²) < 4.78 is 0. The monoisotopic (exact) mass is 245 g/mol. The van der Waals surface area contributed by atoms with Gasteiger partial charge >= 0.3 is 0 Å². The van der Waals surface area contributed by atoms with Gasteiger partial charge in [0.15, 0.2) is 0 Å². The van der Waals surface area contributed by atoms with Crippen LogP contribution in [0.25, 0.3) is 0 Å². The molecule has 1 heterocycles. The second-order valence-electron chi connectivity index (χ2n) is 3.11. The fourth-order valence-corrected chi connectivity index (χ4v) is 1.84. The maximum atomic E-state index is 6.01. The lowest BCUT2D eigenvalue weighted by molar-refractivity contribution is 1.07. The van der Waals surface area contributed by atoms with Crippen molar-refractivity contribution in [2.24, 2.45) is 0 Å². The Kier molecular flexibility index (Phi) is 2.37. The van der Waals surface area contributed by atoms with E-state index in [0.29, 0.717) is 5.92 Å². The molecule has 0 aliphatic heterocycles. The number of aromatic nitrogens is 1. The molecule has 3 heteroatoms. The highest BCUT2D eigenvalue weighted by molar-refractivity contribution is 9.08. The van der Waals surface area contributed by atoms with E-state index >= 15 is 0 Å². The number of pyridine rings is 1. The van der Waals surface area contributed by atoms with Crippen LogP contribution in [0.4, 0.5) is 0 Å². The Labute approximate surface area is 85.3 Å². The third kappa shape index (κ3) is 1.64. The van der Waals surface area contributed by atoms with E-state index in [-0.39, 0.29) is 0 Å². The average Bonchev–Trinajstić information content (AvgIpc) is 2.88. The quantitative estimate of drug-likeness (QED) is 0.728. The molecule has 0 amide bonds. The Morgan fingerprint density at radius 3 is 2.92 bits per heavy atom. The summed E-state index contributed by atoms with van der Waals surface area (Å²) in [6.07, 6.45) is 4.32. The van der Waals surface area contributed by atoms with Crippen molar-refractivity contribution in [1.29, 1.82) is 0 Å². The molecule has 0 aromatic carbocycles. The van der Waals surface area contributed by atoms with Crippen LogP contribution in [0.2, 0.25) is 5.02 Å². The van der Waals surface area contributed by atoms with E-state index in [1.165, 1.54) is 18.4 Å². The van der Waals surface area contributed by atoms with Gasteiger partial charge in [0.2, 0.25) is 0 Å². The molecule has 1 fully saturated rings. The zero-order valence-electron chi connectivity index (χ0n) is 6.56. The van der Waals surface area contributed by atoms with Crippen molar-refractivity contribution in [2.45, 2.75) is 24.1 Å². The number of rotatable bonds is 2. The first-order chi connectivity index (χ1) is 5.81. The van der Waals surface area contributed by atoms with Gasteiger partial charge in [0, 0.05) is 11.5 Å². The van der Waals surface area contributed by atoms with E-state index in [2.05, 4.69) is 27.0 Å². The van der Waals surface area contributed by atoms with Crippen molar-refractivity contribution >= 4 is 27.5 Å². The van der Waals surface area contributed by atoms with Crippen LogP contribution in [0.1, 0.15) is 30.0 Å². The van der Waals surface area contributed by atoms with E-state index in [9.17, 15) is 0 Å². The number of nitrogens with zero attached hydrogens (tertiary/aromatic N) is 1.